The predicted molar refractivity (Wildman–Crippen MR) is 75.8 cm³/mol. The summed E-state index contributed by atoms with van der Waals surface area (Å²) in [5.74, 6) is 0.743. The van der Waals surface area contributed by atoms with Crippen LogP contribution in [0.2, 0.25) is 0 Å². The summed E-state index contributed by atoms with van der Waals surface area (Å²) in [5.41, 5.74) is 2.01. The van der Waals surface area contributed by atoms with Crippen molar-refractivity contribution >= 4 is 5.78 Å². The Labute approximate surface area is 120 Å². The number of aromatic nitrogens is 2. The second-order valence-electron chi connectivity index (χ2n) is 6.88. The van der Waals surface area contributed by atoms with E-state index in [9.17, 15) is 4.79 Å². The van der Waals surface area contributed by atoms with Gasteiger partial charge >= 0.3 is 6.01 Å². The molecule has 0 aromatic carbocycles. The normalized spacial score (nSPS) is 31.4. The predicted octanol–water partition coefficient (Wildman–Crippen LogP) is 2.69. The third-order valence-electron chi connectivity index (χ3n) is 5.50. The highest BCUT2D eigenvalue weighted by atomic mass is 16.5. The zero-order valence-corrected chi connectivity index (χ0v) is 12.7. The van der Waals surface area contributed by atoms with Gasteiger partial charge in [0.25, 0.3) is 0 Å². The molecule has 0 unspecified atom stereocenters. The van der Waals surface area contributed by atoms with Crippen LogP contribution in [0, 0.1) is 11.3 Å². The van der Waals surface area contributed by atoms with Crippen molar-refractivity contribution in [1.29, 1.82) is 0 Å². The van der Waals surface area contributed by atoms with Crippen LogP contribution in [-0.2, 0) is 16.6 Å². The van der Waals surface area contributed by atoms with Gasteiger partial charge in [-0.05, 0) is 30.7 Å². The molecule has 3 rings (SSSR count). The minimum Gasteiger partial charge on any atom is -0.467 e. The second kappa shape index (κ2) is 4.27. The molecule has 2 aliphatic rings. The maximum Gasteiger partial charge on any atom is 0.316 e. The number of rotatable bonds is 1. The highest BCUT2D eigenvalue weighted by Crippen LogP contribution is 2.55. The Morgan fingerprint density at radius 2 is 2.05 bits per heavy atom. The molecule has 0 spiro atoms. The lowest BCUT2D eigenvalue weighted by molar-refractivity contribution is -0.137. The lowest BCUT2D eigenvalue weighted by Gasteiger charge is -2.52. The first-order valence-corrected chi connectivity index (χ1v) is 7.33. The van der Waals surface area contributed by atoms with Crippen molar-refractivity contribution in [3.8, 4) is 6.01 Å². The van der Waals surface area contributed by atoms with E-state index >= 15 is 0 Å². The summed E-state index contributed by atoms with van der Waals surface area (Å²) in [6.45, 7) is 6.46. The van der Waals surface area contributed by atoms with E-state index in [1.165, 1.54) is 5.56 Å². The monoisotopic (exact) mass is 274 g/mol. The minimum absolute atomic E-state index is 0.0405. The largest absolute Gasteiger partial charge is 0.467 e. The Balaban J connectivity index is 2.13. The SMILES string of the molecule is COc1ncc2c(n1)[C@@]1(C)CCC(=O)C(C)(C)[C@@H]1CC2. The highest BCUT2D eigenvalue weighted by Gasteiger charge is 2.54. The van der Waals surface area contributed by atoms with Gasteiger partial charge in [-0.2, -0.15) is 4.98 Å². The van der Waals surface area contributed by atoms with Gasteiger partial charge in [0.2, 0.25) is 0 Å². The van der Waals surface area contributed by atoms with Crippen molar-refractivity contribution in [2.24, 2.45) is 11.3 Å². The summed E-state index contributed by atoms with van der Waals surface area (Å²) in [5, 5.41) is 0. The van der Waals surface area contributed by atoms with Crippen LogP contribution in [0.25, 0.3) is 0 Å². The number of hydrogen-bond donors (Lipinski definition) is 0. The molecule has 0 N–H and O–H groups in total. The Hall–Kier alpha value is -1.45. The van der Waals surface area contributed by atoms with E-state index in [1.54, 1.807) is 7.11 Å². The zero-order valence-electron chi connectivity index (χ0n) is 12.7. The number of aryl methyl sites for hydroxylation is 1. The molecule has 0 saturated heterocycles. The van der Waals surface area contributed by atoms with E-state index in [1.807, 2.05) is 6.20 Å². The van der Waals surface area contributed by atoms with E-state index in [4.69, 9.17) is 4.74 Å². The molecule has 108 valence electrons. The summed E-state index contributed by atoms with van der Waals surface area (Å²) >= 11 is 0. The maximum atomic E-state index is 12.3. The van der Waals surface area contributed by atoms with Crippen molar-refractivity contribution in [2.45, 2.75) is 51.9 Å². The summed E-state index contributed by atoms with van der Waals surface area (Å²) in [4.78, 5) is 21.2. The Morgan fingerprint density at radius 1 is 1.30 bits per heavy atom. The fourth-order valence-electron chi connectivity index (χ4n) is 4.29. The van der Waals surface area contributed by atoms with E-state index in [-0.39, 0.29) is 10.8 Å². The zero-order chi connectivity index (χ0) is 14.5. The van der Waals surface area contributed by atoms with Gasteiger partial charge in [-0.1, -0.05) is 20.8 Å². The van der Waals surface area contributed by atoms with Crippen LogP contribution in [0.3, 0.4) is 0 Å². The summed E-state index contributed by atoms with van der Waals surface area (Å²) in [7, 11) is 1.60. The molecule has 2 aliphatic carbocycles. The average Bonchev–Trinajstić information content (AvgIpc) is 2.43. The maximum absolute atomic E-state index is 12.3. The van der Waals surface area contributed by atoms with Gasteiger partial charge in [-0.3, -0.25) is 4.79 Å². The molecule has 1 heterocycles. The number of ketones is 1. The number of carbonyl (C=O) groups is 1. The van der Waals surface area contributed by atoms with Gasteiger partial charge in [-0.15, -0.1) is 0 Å². The minimum atomic E-state index is -0.261. The molecule has 4 heteroatoms. The molecule has 1 aromatic rings. The van der Waals surface area contributed by atoms with E-state index in [0.29, 0.717) is 24.1 Å². The smallest absolute Gasteiger partial charge is 0.316 e. The summed E-state index contributed by atoms with van der Waals surface area (Å²) < 4.78 is 5.19. The lowest BCUT2D eigenvalue weighted by atomic mass is 9.51. The van der Waals surface area contributed by atoms with Crippen LogP contribution >= 0.6 is 0 Å². The van der Waals surface area contributed by atoms with E-state index in [2.05, 4.69) is 30.7 Å². The molecule has 0 amide bonds. The number of nitrogens with zero attached hydrogens (tertiary/aromatic N) is 2. The molecule has 0 bridgehead atoms. The van der Waals surface area contributed by atoms with E-state index in [0.717, 1.165) is 25.0 Å². The van der Waals surface area contributed by atoms with Gasteiger partial charge in [0.1, 0.15) is 5.78 Å². The molecule has 0 aliphatic heterocycles. The van der Waals surface area contributed by atoms with Crippen LogP contribution < -0.4 is 4.74 Å². The second-order valence-corrected chi connectivity index (χ2v) is 6.88. The molecule has 0 radical (unpaired) electrons. The van der Waals surface area contributed by atoms with Gasteiger partial charge in [0.15, 0.2) is 0 Å². The van der Waals surface area contributed by atoms with Crippen molar-refractivity contribution in [2.75, 3.05) is 7.11 Å². The van der Waals surface area contributed by atoms with Crippen molar-refractivity contribution < 1.29 is 9.53 Å². The van der Waals surface area contributed by atoms with Gasteiger partial charge < -0.3 is 4.74 Å². The number of methoxy groups -OCH3 is 1. The quantitative estimate of drug-likeness (QED) is 0.790. The molecule has 20 heavy (non-hydrogen) atoms. The molecular formula is C16H22N2O2. The molecule has 1 fully saturated rings. The third-order valence-corrected chi connectivity index (χ3v) is 5.50. The average molecular weight is 274 g/mol. The fourth-order valence-corrected chi connectivity index (χ4v) is 4.29. The van der Waals surface area contributed by atoms with Crippen LogP contribution in [0.15, 0.2) is 6.20 Å². The van der Waals surface area contributed by atoms with Gasteiger partial charge in [-0.25, -0.2) is 4.98 Å². The van der Waals surface area contributed by atoms with Gasteiger partial charge in [0.05, 0.1) is 12.8 Å². The van der Waals surface area contributed by atoms with Crippen LogP contribution in [0.4, 0.5) is 0 Å². The van der Waals surface area contributed by atoms with Crippen molar-refractivity contribution in [1.82, 2.24) is 9.97 Å². The number of fused-ring (bicyclic) bond motifs is 3. The highest BCUT2D eigenvalue weighted by molar-refractivity contribution is 5.86. The lowest BCUT2D eigenvalue weighted by Crippen LogP contribution is -2.52. The Morgan fingerprint density at radius 3 is 2.75 bits per heavy atom. The van der Waals surface area contributed by atoms with E-state index < -0.39 is 0 Å². The molecular weight excluding hydrogens is 252 g/mol. The topological polar surface area (TPSA) is 52.1 Å². The third kappa shape index (κ3) is 1.70. The first-order chi connectivity index (χ1) is 9.39. The van der Waals surface area contributed by atoms with Gasteiger partial charge in [0, 0.05) is 23.4 Å². The first kappa shape index (κ1) is 13.5. The molecule has 2 atom stereocenters. The number of hydrogen-bond acceptors (Lipinski definition) is 4. The van der Waals surface area contributed by atoms with Crippen LogP contribution in [0.1, 0.15) is 51.3 Å². The molecule has 4 nitrogen and oxygen atoms in total. The molecule has 1 aromatic heterocycles. The van der Waals surface area contributed by atoms with Crippen LogP contribution in [-0.4, -0.2) is 22.9 Å². The van der Waals surface area contributed by atoms with Crippen molar-refractivity contribution in [3.63, 3.8) is 0 Å². The van der Waals surface area contributed by atoms with Crippen molar-refractivity contribution in [3.05, 3.63) is 17.5 Å². The Kier molecular flexibility index (Phi) is 2.89. The summed E-state index contributed by atoms with van der Waals surface area (Å²) in [6, 6.07) is 0.431. The number of Topliss-reactive ketones (excluding diaryl/α,β-unsaturated/α-hetero) is 1. The number of ether oxygens (including phenoxy) is 1. The standard InChI is InChI=1S/C16H22N2O2/c1-15(2)11-6-5-10-9-17-14(20-4)18-13(10)16(11,3)8-7-12(15)19/h9,11H,5-8H2,1-4H3/t11-,16-/m0/s1. The Bertz CT molecular complexity index is 568. The summed E-state index contributed by atoms with van der Waals surface area (Å²) in [6.07, 6.45) is 5.42. The first-order valence-electron chi connectivity index (χ1n) is 7.33. The van der Waals surface area contributed by atoms with Crippen LogP contribution in [0.5, 0.6) is 6.01 Å². The number of carbonyl (C=O) groups excluding carboxylic acids is 1. The molecule has 1 saturated carbocycles. The fraction of sp³-hybridized carbons (Fsp3) is 0.688.